The second kappa shape index (κ2) is 8.27. The second-order valence-electron chi connectivity index (χ2n) is 6.09. The van der Waals surface area contributed by atoms with Crippen LogP contribution in [0.2, 0.25) is 0 Å². The highest BCUT2D eigenvalue weighted by molar-refractivity contribution is 5.94. The van der Waals surface area contributed by atoms with Crippen LogP contribution in [0.15, 0.2) is 61.2 Å². The minimum atomic E-state index is -0.224. The highest BCUT2D eigenvalue weighted by atomic mass is 16.5. The highest BCUT2D eigenvalue weighted by Crippen LogP contribution is 2.16. The third-order valence-electron chi connectivity index (χ3n) is 4.08. The fourth-order valence-electron chi connectivity index (χ4n) is 2.56. The Balaban J connectivity index is 1.52. The minimum absolute atomic E-state index is 0.0112. The van der Waals surface area contributed by atoms with Crippen LogP contribution < -0.4 is 10.1 Å². The first-order chi connectivity index (χ1) is 13.0. The molecule has 1 atom stereocenters. The Hall–Kier alpha value is -3.48. The van der Waals surface area contributed by atoms with E-state index in [1.807, 2.05) is 31.2 Å². The molecule has 1 amide bonds. The van der Waals surface area contributed by atoms with E-state index in [1.165, 1.54) is 13.3 Å². The van der Waals surface area contributed by atoms with Crippen molar-refractivity contribution in [1.82, 2.24) is 20.1 Å². The van der Waals surface area contributed by atoms with Crippen molar-refractivity contribution in [3.8, 4) is 11.4 Å². The molecule has 0 saturated heterocycles. The number of aromatic nitrogens is 3. The lowest BCUT2D eigenvalue weighted by Crippen LogP contribution is -2.31. The summed E-state index contributed by atoms with van der Waals surface area (Å²) in [7, 11) is 0. The number of carbonyl (C=O) groups excluding carboxylic acids is 2. The van der Waals surface area contributed by atoms with Gasteiger partial charge in [-0.15, -0.1) is 0 Å². The van der Waals surface area contributed by atoms with Gasteiger partial charge in [0, 0.05) is 5.56 Å². The van der Waals surface area contributed by atoms with E-state index in [9.17, 15) is 9.59 Å². The SMILES string of the molecule is CC(=O)c1ccc(OCC(=O)NC(C)c2ccc(-n3cncn3)cc2)cc1. The summed E-state index contributed by atoms with van der Waals surface area (Å²) in [6.45, 7) is 3.31. The molecular weight excluding hydrogens is 344 g/mol. The standard InChI is InChI=1S/C20H20N4O3/c1-14(16-3-7-18(8-4-16)24-13-21-12-22-24)23-20(26)11-27-19-9-5-17(6-10-19)15(2)25/h3-10,12-14H,11H2,1-2H3,(H,23,26). The van der Waals surface area contributed by atoms with E-state index in [-0.39, 0.29) is 24.3 Å². The average molecular weight is 364 g/mol. The maximum absolute atomic E-state index is 12.1. The zero-order valence-electron chi connectivity index (χ0n) is 15.1. The van der Waals surface area contributed by atoms with Gasteiger partial charge in [0.1, 0.15) is 18.4 Å². The molecule has 27 heavy (non-hydrogen) atoms. The van der Waals surface area contributed by atoms with Crippen LogP contribution in [0.25, 0.3) is 5.69 Å². The molecule has 3 rings (SSSR count). The number of hydrogen-bond acceptors (Lipinski definition) is 5. The van der Waals surface area contributed by atoms with Gasteiger partial charge in [-0.3, -0.25) is 9.59 Å². The lowest BCUT2D eigenvalue weighted by atomic mass is 10.1. The zero-order valence-corrected chi connectivity index (χ0v) is 15.1. The molecule has 0 bridgehead atoms. The number of rotatable bonds is 7. The first kappa shape index (κ1) is 18.3. The van der Waals surface area contributed by atoms with Crippen LogP contribution in [0.3, 0.4) is 0 Å². The molecule has 0 aliphatic rings. The summed E-state index contributed by atoms with van der Waals surface area (Å²) in [5.41, 5.74) is 2.47. The summed E-state index contributed by atoms with van der Waals surface area (Å²) in [5, 5.41) is 6.98. The van der Waals surface area contributed by atoms with Gasteiger partial charge >= 0.3 is 0 Å². The number of ketones is 1. The van der Waals surface area contributed by atoms with Crippen LogP contribution in [0.4, 0.5) is 0 Å². The minimum Gasteiger partial charge on any atom is -0.484 e. The van der Waals surface area contributed by atoms with Crippen molar-refractivity contribution in [2.24, 2.45) is 0 Å². The van der Waals surface area contributed by atoms with Gasteiger partial charge in [0.25, 0.3) is 5.91 Å². The normalized spacial score (nSPS) is 11.6. The summed E-state index contributed by atoms with van der Waals surface area (Å²) < 4.78 is 7.13. The smallest absolute Gasteiger partial charge is 0.258 e. The zero-order chi connectivity index (χ0) is 19.2. The lowest BCUT2D eigenvalue weighted by molar-refractivity contribution is -0.123. The van der Waals surface area contributed by atoms with Gasteiger partial charge in [0.05, 0.1) is 11.7 Å². The molecular formula is C20H20N4O3. The summed E-state index contributed by atoms with van der Waals surface area (Å²) in [6, 6.07) is 14.2. The molecule has 0 radical (unpaired) electrons. The van der Waals surface area contributed by atoms with Crippen LogP contribution >= 0.6 is 0 Å². The van der Waals surface area contributed by atoms with Gasteiger partial charge in [0.2, 0.25) is 0 Å². The van der Waals surface area contributed by atoms with Gasteiger partial charge in [-0.25, -0.2) is 9.67 Å². The predicted octanol–water partition coefficient (Wildman–Crippen LogP) is 2.73. The molecule has 0 aliphatic heterocycles. The average Bonchev–Trinajstić information content (AvgIpc) is 3.21. The van der Waals surface area contributed by atoms with Gasteiger partial charge in [-0.2, -0.15) is 5.10 Å². The molecule has 1 heterocycles. The largest absolute Gasteiger partial charge is 0.484 e. The molecule has 1 N–H and O–H groups in total. The molecule has 138 valence electrons. The predicted molar refractivity (Wildman–Crippen MR) is 99.9 cm³/mol. The fourth-order valence-corrected chi connectivity index (χ4v) is 2.56. The van der Waals surface area contributed by atoms with Crippen molar-refractivity contribution < 1.29 is 14.3 Å². The molecule has 0 saturated carbocycles. The number of carbonyl (C=O) groups is 2. The number of nitrogens with one attached hydrogen (secondary N) is 1. The Labute approximate surface area is 157 Å². The van der Waals surface area contributed by atoms with Crippen molar-refractivity contribution in [1.29, 1.82) is 0 Å². The molecule has 2 aromatic carbocycles. The van der Waals surface area contributed by atoms with Gasteiger partial charge < -0.3 is 10.1 Å². The van der Waals surface area contributed by atoms with E-state index in [1.54, 1.807) is 35.3 Å². The number of benzene rings is 2. The Morgan fingerprint density at radius 1 is 1.11 bits per heavy atom. The summed E-state index contributed by atoms with van der Waals surface area (Å²) in [5.74, 6) is 0.307. The molecule has 3 aromatic rings. The number of ether oxygens (including phenoxy) is 1. The van der Waals surface area contributed by atoms with Crippen LogP contribution in [0, 0.1) is 0 Å². The molecule has 1 unspecified atom stereocenters. The first-order valence-corrected chi connectivity index (χ1v) is 8.51. The van der Waals surface area contributed by atoms with Crippen LogP contribution in [-0.2, 0) is 4.79 Å². The third-order valence-corrected chi connectivity index (χ3v) is 4.08. The molecule has 0 fully saturated rings. The van der Waals surface area contributed by atoms with Crippen molar-refractivity contribution in [2.75, 3.05) is 6.61 Å². The van der Waals surface area contributed by atoms with Crippen LogP contribution in [0.1, 0.15) is 35.8 Å². The van der Waals surface area contributed by atoms with Gasteiger partial charge in [-0.05, 0) is 55.8 Å². The maximum Gasteiger partial charge on any atom is 0.258 e. The van der Waals surface area contributed by atoms with Crippen molar-refractivity contribution >= 4 is 11.7 Å². The molecule has 1 aromatic heterocycles. The van der Waals surface area contributed by atoms with Crippen LogP contribution in [-0.4, -0.2) is 33.1 Å². The van der Waals surface area contributed by atoms with Crippen molar-refractivity contribution in [3.63, 3.8) is 0 Å². The maximum atomic E-state index is 12.1. The Morgan fingerprint density at radius 3 is 2.41 bits per heavy atom. The second-order valence-corrected chi connectivity index (χ2v) is 6.09. The van der Waals surface area contributed by atoms with Gasteiger partial charge in [0.15, 0.2) is 12.4 Å². The molecule has 7 nitrogen and oxygen atoms in total. The molecule has 7 heteroatoms. The van der Waals surface area contributed by atoms with E-state index in [2.05, 4.69) is 15.4 Å². The summed E-state index contributed by atoms with van der Waals surface area (Å²) in [4.78, 5) is 27.3. The summed E-state index contributed by atoms with van der Waals surface area (Å²) in [6.07, 6.45) is 3.10. The van der Waals surface area contributed by atoms with Gasteiger partial charge in [-0.1, -0.05) is 12.1 Å². The van der Waals surface area contributed by atoms with Crippen LogP contribution in [0.5, 0.6) is 5.75 Å². The Kier molecular flexibility index (Phi) is 5.61. The van der Waals surface area contributed by atoms with E-state index >= 15 is 0 Å². The Bertz CT molecular complexity index is 903. The monoisotopic (exact) mass is 364 g/mol. The third kappa shape index (κ3) is 4.78. The van der Waals surface area contributed by atoms with E-state index in [0.29, 0.717) is 11.3 Å². The highest BCUT2D eigenvalue weighted by Gasteiger charge is 2.11. The molecule has 0 aliphatic carbocycles. The number of hydrogen-bond donors (Lipinski definition) is 1. The van der Waals surface area contributed by atoms with Crippen molar-refractivity contribution in [2.45, 2.75) is 19.9 Å². The fraction of sp³-hybridized carbons (Fsp3) is 0.200. The lowest BCUT2D eigenvalue weighted by Gasteiger charge is -2.15. The number of Topliss-reactive ketones (excluding diaryl/α,β-unsaturated/α-hetero) is 1. The number of nitrogens with zero attached hydrogens (tertiary/aromatic N) is 3. The quantitative estimate of drug-likeness (QED) is 0.652. The van der Waals surface area contributed by atoms with E-state index in [4.69, 9.17) is 4.74 Å². The van der Waals surface area contributed by atoms with E-state index in [0.717, 1.165) is 11.3 Å². The van der Waals surface area contributed by atoms with Crippen molar-refractivity contribution in [3.05, 3.63) is 72.3 Å². The topological polar surface area (TPSA) is 86.1 Å². The first-order valence-electron chi connectivity index (χ1n) is 8.51. The Morgan fingerprint density at radius 2 is 1.81 bits per heavy atom. The summed E-state index contributed by atoms with van der Waals surface area (Å²) >= 11 is 0. The van der Waals surface area contributed by atoms with E-state index < -0.39 is 0 Å². The number of amides is 1. The molecule has 0 spiro atoms.